The van der Waals surface area contributed by atoms with Gasteiger partial charge in [0, 0.05) is 5.56 Å². The molecule has 0 saturated heterocycles. The third-order valence-corrected chi connectivity index (χ3v) is 3.58. The Balaban J connectivity index is 2.42. The van der Waals surface area contributed by atoms with E-state index >= 15 is 0 Å². The molecule has 2 rings (SSSR count). The van der Waals surface area contributed by atoms with Crippen molar-refractivity contribution in [3.63, 3.8) is 0 Å². The van der Waals surface area contributed by atoms with Gasteiger partial charge in [-0.05, 0) is 45.0 Å². The van der Waals surface area contributed by atoms with Crippen molar-refractivity contribution in [1.29, 1.82) is 0 Å². The number of para-hydroxylation sites is 1. The van der Waals surface area contributed by atoms with Crippen molar-refractivity contribution < 1.29 is 28.9 Å². The molecule has 0 spiro atoms. The van der Waals surface area contributed by atoms with E-state index in [0.29, 0.717) is 37.1 Å². The number of benzene rings is 2. The summed E-state index contributed by atoms with van der Waals surface area (Å²) in [6.45, 7) is 6.68. The van der Waals surface area contributed by atoms with Crippen LogP contribution in [-0.2, 0) is 0 Å². The maximum Gasteiger partial charge on any atom is 0.337 e. The Bertz CT molecular complexity index is 791. The molecule has 27 heavy (non-hydrogen) atoms. The Labute approximate surface area is 157 Å². The average Bonchev–Trinajstić information content (AvgIpc) is 2.64. The molecule has 0 unspecified atom stereocenters. The van der Waals surface area contributed by atoms with E-state index in [9.17, 15) is 14.7 Å². The van der Waals surface area contributed by atoms with Gasteiger partial charge in [-0.25, -0.2) is 4.79 Å². The Kier molecular flexibility index (Phi) is 7.05. The summed E-state index contributed by atoms with van der Waals surface area (Å²) < 4.78 is 16.8. The molecule has 2 aromatic rings. The first-order valence-corrected chi connectivity index (χ1v) is 8.71. The number of nitrogens with one attached hydrogen (secondary N) is 1. The normalized spacial score (nSPS) is 10.2. The lowest BCUT2D eigenvalue weighted by atomic mass is 10.1. The fraction of sp³-hybridized carbons (Fsp3) is 0.300. The zero-order valence-corrected chi connectivity index (χ0v) is 15.6. The molecule has 0 aliphatic heterocycles. The van der Waals surface area contributed by atoms with Crippen LogP contribution >= 0.6 is 0 Å². The van der Waals surface area contributed by atoms with E-state index in [4.69, 9.17) is 14.2 Å². The van der Waals surface area contributed by atoms with E-state index in [2.05, 4.69) is 5.32 Å². The molecule has 7 heteroatoms. The number of amides is 1. The molecule has 0 aliphatic rings. The van der Waals surface area contributed by atoms with Crippen LogP contribution in [0.3, 0.4) is 0 Å². The van der Waals surface area contributed by atoms with Gasteiger partial charge in [-0.15, -0.1) is 0 Å². The van der Waals surface area contributed by atoms with Crippen molar-refractivity contribution in [2.45, 2.75) is 20.8 Å². The SMILES string of the molecule is CCOc1cc(C(=O)Nc2ccccc2C(=O)O)cc(OCC)c1OCC. The number of rotatable bonds is 9. The highest BCUT2D eigenvalue weighted by molar-refractivity contribution is 6.08. The van der Waals surface area contributed by atoms with Crippen molar-refractivity contribution in [1.82, 2.24) is 0 Å². The highest BCUT2D eigenvalue weighted by Gasteiger charge is 2.19. The van der Waals surface area contributed by atoms with Crippen molar-refractivity contribution in [3.8, 4) is 17.2 Å². The van der Waals surface area contributed by atoms with Gasteiger partial charge in [0.1, 0.15) is 0 Å². The second-order valence-corrected chi connectivity index (χ2v) is 5.41. The second kappa shape index (κ2) is 9.47. The van der Waals surface area contributed by atoms with Gasteiger partial charge in [-0.2, -0.15) is 0 Å². The summed E-state index contributed by atoms with van der Waals surface area (Å²) >= 11 is 0. The summed E-state index contributed by atoms with van der Waals surface area (Å²) in [5.74, 6) is -0.385. The smallest absolute Gasteiger partial charge is 0.337 e. The largest absolute Gasteiger partial charge is 0.490 e. The van der Waals surface area contributed by atoms with Crippen molar-refractivity contribution in [3.05, 3.63) is 47.5 Å². The van der Waals surface area contributed by atoms with Gasteiger partial charge in [0.25, 0.3) is 5.91 Å². The van der Waals surface area contributed by atoms with Crippen LogP contribution in [0.25, 0.3) is 0 Å². The Morgan fingerprint density at radius 1 is 0.926 bits per heavy atom. The number of hydrogen-bond acceptors (Lipinski definition) is 5. The Morgan fingerprint density at radius 3 is 2.00 bits per heavy atom. The van der Waals surface area contributed by atoms with Gasteiger partial charge in [0.15, 0.2) is 11.5 Å². The van der Waals surface area contributed by atoms with Crippen molar-refractivity contribution >= 4 is 17.6 Å². The standard InChI is InChI=1S/C20H23NO6/c1-4-25-16-11-13(12-17(26-5-2)18(16)27-6-3)19(22)21-15-10-8-7-9-14(15)20(23)24/h7-12H,4-6H2,1-3H3,(H,21,22)(H,23,24). The van der Waals surface area contributed by atoms with Crippen LogP contribution in [0.5, 0.6) is 17.2 Å². The van der Waals surface area contributed by atoms with Gasteiger partial charge in [0.2, 0.25) is 5.75 Å². The molecule has 0 aliphatic carbocycles. The van der Waals surface area contributed by atoms with Crippen LogP contribution < -0.4 is 19.5 Å². The third kappa shape index (κ3) is 4.91. The fourth-order valence-corrected chi connectivity index (χ4v) is 2.49. The number of carboxylic acids is 1. The lowest BCUT2D eigenvalue weighted by Crippen LogP contribution is -2.15. The fourth-order valence-electron chi connectivity index (χ4n) is 2.49. The number of carboxylic acid groups (broad SMARTS) is 1. The van der Waals surface area contributed by atoms with Crippen LogP contribution in [0.1, 0.15) is 41.5 Å². The first-order chi connectivity index (χ1) is 13.0. The molecule has 0 heterocycles. The molecular formula is C20H23NO6. The molecule has 0 radical (unpaired) electrons. The Hall–Kier alpha value is -3.22. The number of carbonyl (C=O) groups is 2. The highest BCUT2D eigenvalue weighted by Crippen LogP contribution is 2.39. The first kappa shape index (κ1) is 20.1. The molecule has 0 saturated carbocycles. The first-order valence-electron chi connectivity index (χ1n) is 8.71. The van der Waals surface area contributed by atoms with Gasteiger partial charge in [-0.3, -0.25) is 4.79 Å². The van der Waals surface area contributed by atoms with E-state index < -0.39 is 11.9 Å². The predicted molar refractivity (Wildman–Crippen MR) is 101 cm³/mol. The summed E-state index contributed by atoms with van der Waals surface area (Å²) in [7, 11) is 0. The maximum atomic E-state index is 12.7. The Morgan fingerprint density at radius 2 is 1.48 bits per heavy atom. The monoisotopic (exact) mass is 373 g/mol. The number of aromatic carboxylic acids is 1. The minimum atomic E-state index is -1.12. The highest BCUT2D eigenvalue weighted by atomic mass is 16.5. The molecule has 0 fully saturated rings. The average molecular weight is 373 g/mol. The number of hydrogen-bond donors (Lipinski definition) is 2. The van der Waals surface area contributed by atoms with E-state index in [1.807, 2.05) is 20.8 Å². The van der Waals surface area contributed by atoms with E-state index in [1.54, 1.807) is 24.3 Å². The van der Waals surface area contributed by atoms with E-state index in [-0.39, 0.29) is 16.8 Å². The lowest BCUT2D eigenvalue weighted by Gasteiger charge is -2.17. The lowest BCUT2D eigenvalue weighted by molar-refractivity contribution is 0.0698. The molecule has 2 N–H and O–H groups in total. The van der Waals surface area contributed by atoms with E-state index in [1.165, 1.54) is 12.1 Å². The van der Waals surface area contributed by atoms with Crippen molar-refractivity contribution in [2.24, 2.45) is 0 Å². The molecule has 0 bridgehead atoms. The van der Waals surface area contributed by atoms with Crippen LogP contribution in [0.2, 0.25) is 0 Å². The minimum Gasteiger partial charge on any atom is -0.490 e. The molecule has 7 nitrogen and oxygen atoms in total. The second-order valence-electron chi connectivity index (χ2n) is 5.41. The van der Waals surface area contributed by atoms with Crippen LogP contribution in [-0.4, -0.2) is 36.8 Å². The van der Waals surface area contributed by atoms with Gasteiger partial charge >= 0.3 is 5.97 Å². The molecule has 2 aromatic carbocycles. The number of carbonyl (C=O) groups excluding carboxylic acids is 1. The summed E-state index contributed by atoms with van der Waals surface area (Å²) in [5, 5.41) is 11.9. The van der Waals surface area contributed by atoms with Gasteiger partial charge in [-0.1, -0.05) is 12.1 Å². The third-order valence-electron chi connectivity index (χ3n) is 3.58. The maximum absolute atomic E-state index is 12.7. The predicted octanol–water partition coefficient (Wildman–Crippen LogP) is 3.83. The summed E-state index contributed by atoms with van der Waals surface area (Å²) in [6.07, 6.45) is 0. The number of anilines is 1. The summed E-state index contributed by atoms with van der Waals surface area (Å²) in [4.78, 5) is 24.0. The van der Waals surface area contributed by atoms with Crippen LogP contribution in [0, 0.1) is 0 Å². The minimum absolute atomic E-state index is 0.00634. The van der Waals surface area contributed by atoms with Gasteiger partial charge < -0.3 is 24.6 Å². The van der Waals surface area contributed by atoms with Crippen molar-refractivity contribution in [2.75, 3.05) is 25.1 Å². The molecule has 0 aromatic heterocycles. The molecule has 144 valence electrons. The zero-order chi connectivity index (χ0) is 19.8. The summed E-state index contributed by atoms with van der Waals surface area (Å²) in [6, 6.07) is 9.30. The van der Waals surface area contributed by atoms with Crippen LogP contribution in [0.15, 0.2) is 36.4 Å². The molecule has 1 amide bonds. The molecular weight excluding hydrogens is 350 g/mol. The van der Waals surface area contributed by atoms with Gasteiger partial charge in [0.05, 0.1) is 31.1 Å². The van der Waals surface area contributed by atoms with E-state index in [0.717, 1.165) is 0 Å². The molecule has 0 atom stereocenters. The quantitative estimate of drug-likeness (QED) is 0.694. The number of ether oxygens (including phenoxy) is 3. The summed E-state index contributed by atoms with van der Waals surface area (Å²) in [5.41, 5.74) is 0.484. The zero-order valence-electron chi connectivity index (χ0n) is 15.6. The topological polar surface area (TPSA) is 94.1 Å². The van der Waals surface area contributed by atoms with Crippen LogP contribution in [0.4, 0.5) is 5.69 Å².